The maximum Gasteiger partial charge on any atom is 0.126 e. The Morgan fingerprint density at radius 3 is 2.47 bits per heavy atom. The molecule has 5 nitrogen and oxygen atoms in total. The minimum Gasteiger partial charge on any atom is -0.508 e. The monoisotopic (exact) mass is 431 g/mol. The fourth-order valence-electron chi connectivity index (χ4n) is 4.69. The SMILES string of the molecule is Oc1ccc2c(c1)OC[C@@H](c1ccccc1)[C@H]2c1ccc(OCCN2CCOCC2)cc1. The first-order chi connectivity index (χ1) is 15.8. The molecule has 0 amide bonds. The summed E-state index contributed by atoms with van der Waals surface area (Å²) in [4.78, 5) is 2.37. The molecule has 0 aromatic heterocycles. The molecule has 0 bridgehead atoms. The van der Waals surface area contributed by atoms with Crippen LogP contribution in [0.4, 0.5) is 0 Å². The van der Waals surface area contributed by atoms with Gasteiger partial charge in [0.25, 0.3) is 0 Å². The van der Waals surface area contributed by atoms with Crippen molar-refractivity contribution in [1.82, 2.24) is 4.90 Å². The van der Waals surface area contributed by atoms with Gasteiger partial charge >= 0.3 is 0 Å². The van der Waals surface area contributed by atoms with Crippen LogP contribution in [0.25, 0.3) is 0 Å². The van der Waals surface area contributed by atoms with E-state index in [1.165, 1.54) is 11.1 Å². The number of nitrogens with zero attached hydrogens (tertiary/aromatic N) is 1. The summed E-state index contributed by atoms with van der Waals surface area (Å²) in [5, 5.41) is 9.93. The molecule has 166 valence electrons. The van der Waals surface area contributed by atoms with Crippen LogP contribution in [-0.4, -0.2) is 56.1 Å². The van der Waals surface area contributed by atoms with Gasteiger partial charge in [-0.2, -0.15) is 0 Å². The minimum atomic E-state index is 0.143. The lowest BCUT2D eigenvalue weighted by molar-refractivity contribution is 0.0322. The Balaban J connectivity index is 1.35. The third-order valence-corrected chi connectivity index (χ3v) is 6.40. The molecule has 3 aromatic rings. The molecule has 5 rings (SSSR count). The Hall–Kier alpha value is -3.02. The number of benzene rings is 3. The smallest absolute Gasteiger partial charge is 0.126 e. The van der Waals surface area contributed by atoms with Crippen LogP contribution >= 0.6 is 0 Å². The molecule has 5 heteroatoms. The topological polar surface area (TPSA) is 51.2 Å². The first kappa shape index (κ1) is 20.9. The average molecular weight is 432 g/mol. The number of ether oxygens (including phenoxy) is 3. The summed E-state index contributed by atoms with van der Waals surface area (Å²) >= 11 is 0. The lowest BCUT2D eigenvalue weighted by Gasteiger charge is -2.34. The molecule has 0 radical (unpaired) electrons. The maximum absolute atomic E-state index is 9.93. The van der Waals surface area contributed by atoms with Gasteiger partial charge in [-0.15, -0.1) is 0 Å². The quantitative estimate of drug-likeness (QED) is 0.627. The van der Waals surface area contributed by atoms with E-state index in [4.69, 9.17) is 14.2 Å². The Morgan fingerprint density at radius 2 is 1.69 bits per heavy atom. The van der Waals surface area contributed by atoms with Gasteiger partial charge < -0.3 is 19.3 Å². The molecule has 3 aromatic carbocycles. The van der Waals surface area contributed by atoms with Crippen molar-refractivity contribution < 1.29 is 19.3 Å². The zero-order valence-electron chi connectivity index (χ0n) is 18.2. The molecule has 2 atom stereocenters. The molecule has 2 aliphatic rings. The first-order valence-electron chi connectivity index (χ1n) is 11.3. The molecule has 1 N–H and O–H groups in total. The van der Waals surface area contributed by atoms with Gasteiger partial charge in [-0.25, -0.2) is 0 Å². The summed E-state index contributed by atoms with van der Waals surface area (Å²) in [6.07, 6.45) is 0. The van der Waals surface area contributed by atoms with Crippen molar-refractivity contribution >= 4 is 0 Å². The van der Waals surface area contributed by atoms with Crippen molar-refractivity contribution in [1.29, 1.82) is 0 Å². The van der Waals surface area contributed by atoms with Crippen LogP contribution in [-0.2, 0) is 4.74 Å². The Morgan fingerprint density at radius 1 is 0.906 bits per heavy atom. The molecule has 0 unspecified atom stereocenters. The highest BCUT2D eigenvalue weighted by Crippen LogP contribution is 2.47. The highest BCUT2D eigenvalue weighted by atomic mass is 16.5. The van der Waals surface area contributed by atoms with Crippen LogP contribution in [0.1, 0.15) is 28.5 Å². The van der Waals surface area contributed by atoms with E-state index >= 15 is 0 Å². The van der Waals surface area contributed by atoms with Crippen molar-refractivity contribution in [3.63, 3.8) is 0 Å². The van der Waals surface area contributed by atoms with Crippen LogP contribution in [0.15, 0.2) is 72.8 Å². The number of phenols is 1. The van der Waals surface area contributed by atoms with E-state index in [1.54, 1.807) is 12.1 Å². The van der Waals surface area contributed by atoms with Crippen molar-refractivity contribution in [2.75, 3.05) is 46.1 Å². The largest absolute Gasteiger partial charge is 0.508 e. The zero-order chi connectivity index (χ0) is 21.8. The molecule has 1 fully saturated rings. The second kappa shape index (κ2) is 9.63. The van der Waals surface area contributed by atoms with Crippen molar-refractivity contribution in [2.45, 2.75) is 11.8 Å². The van der Waals surface area contributed by atoms with Gasteiger partial charge in [-0.05, 0) is 29.3 Å². The zero-order valence-corrected chi connectivity index (χ0v) is 18.2. The number of hydrogen-bond acceptors (Lipinski definition) is 5. The predicted molar refractivity (Wildman–Crippen MR) is 124 cm³/mol. The van der Waals surface area contributed by atoms with Gasteiger partial charge in [0.05, 0.1) is 19.8 Å². The Bertz CT molecular complexity index is 1020. The minimum absolute atomic E-state index is 0.143. The van der Waals surface area contributed by atoms with E-state index in [0.29, 0.717) is 13.2 Å². The van der Waals surface area contributed by atoms with Gasteiger partial charge in [-0.1, -0.05) is 48.5 Å². The lowest BCUT2D eigenvalue weighted by Crippen LogP contribution is -2.38. The Labute approximate surface area is 189 Å². The highest BCUT2D eigenvalue weighted by molar-refractivity contribution is 5.50. The van der Waals surface area contributed by atoms with Gasteiger partial charge in [0.1, 0.15) is 23.9 Å². The van der Waals surface area contributed by atoms with Crippen LogP contribution in [0.5, 0.6) is 17.2 Å². The second-order valence-corrected chi connectivity index (χ2v) is 8.40. The first-order valence-corrected chi connectivity index (χ1v) is 11.3. The van der Waals surface area contributed by atoms with E-state index in [0.717, 1.165) is 49.9 Å². The van der Waals surface area contributed by atoms with Crippen LogP contribution in [0.2, 0.25) is 0 Å². The molecule has 0 aliphatic carbocycles. The normalized spacial score (nSPS) is 20.9. The van der Waals surface area contributed by atoms with E-state index in [9.17, 15) is 5.11 Å². The third-order valence-electron chi connectivity index (χ3n) is 6.40. The van der Waals surface area contributed by atoms with Gasteiger partial charge in [-0.3, -0.25) is 4.90 Å². The summed E-state index contributed by atoms with van der Waals surface area (Å²) in [5.41, 5.74) is 3.57. The molecule has 32 heavy (non-hydrogen) atoms. The molecule has 1 saturated heterocycles. The van der Waals surface area contributed by atoms with Crippen molar-refractivity contribution in [3.8, 4) is 17.2 Å². The molecule has 0 spiro atoms. The van der Waals surface area contributed by atoms with E-state index < -0.39 is 0 Å². The van der Waals surface area contributed by atoms with Crippen LogP contribution < -0.4 is 9.47 Å². The summed E-state index contributed by atoms with van der Waals surface area (Å²) < 4.78 is 17.5. The fraction of sp³-hybridized carbons (Fsp3) is 0.333. The van der Waals surface area contributed by atoms with Crippen LogP contribution in [0, 0.1) is 0 Å². The average Bonchev–Trinajstić information content (AvgIpc) is 2.85. The highest BCUT2D eigenvalue weighted by Gasteiger charge is 2.33. The number of rotatable bonds is 6. The van der Waals surface area contributed by atoms with Crippen LogP contribution in [0.3, 0.4) is 0 Å². The summed E-state index contributed by atoms with van der Waals surface area (Å²) in [6.45, 7) is 5.72. The molecular formula is C27H29NO4. The predicted octanol–water partition coefficient (Wildman–Crippen LogP) is 4.41. The number of aromatic hydroxyl groups is 1. The third kappa shape index (κ3) is 4.59. The van der Waals surface area contributed by atoms with Crippen molar-refractivity contribution in [3.05, 3.63) is 89.5 Å². The fourth-order valence-corrected chi connectivity index (χ4v) is 4.69. The van der Waals surface area contributed by atoms with E-state index in [-0.39, 0.29) is 17.6 Å². The Kier molecular flexibility index (Phi) is 6.28. The van der Waals surface area contributed by atoms with Gasteiger partial charge in [0.2, 0.25) is 0 Å². The van der Waals surface area contributed by atoms with E-state index in [2.05, 4.69) is 53.4 Å². The summed E-state index contributed by atoms with van der Waals surface area (Å²) in [7, 11) is 0. The number of hydrogen-bond donors (Lipinski definition) is 1. The van der Waals surface area contributed by atoms with E-state index in [1.807, 2.05) is 12.1 Å². The number of morpholine rings is 1. The summed E-state index contributed by atoms with van der Waals surface area (Å²) in [6, 6.07) is 24.4. The lowest BCUT2D eigenvalue weighted by atomic mass is 9.76. The summed E-state index contributed by atoms with van der Waals surface area (Å²) in [5.74, 6) is 2.21. The molecular weight excluding hydrogens is 402 g/mol. The number of phenolic OH excluding ortho intramolecular Hbond substituents is 1. The van der Waals surface area contributed by atoms with Crippen molar-refractivity contribution in [2.24, 2.45) is 0 Å². The second-order valence-electron chi connectivity index (χ2n) is 8.40. The standard InChI is InChI=1S/C27H29NO4/c29-22-8-11-24-26(18-22)32-19-25(20-4-2-1-3-5-20)27(24)21-6-9-23(10-7-21)31-17-14-28-12-15-30-16-13-28/h1-11,18,25,27,29H,12-17,19H2/t25-,27-/m0/s1. The van der Waals surface area contributed by atoms with Gasteiger partial charge in [0, 0.05) is 43.1 Å². The molecule has 0 saturated carbocycles. The molecule has 2 aliphatic heterocycles. The van der Waals surface area contributed by atoms with Gasteiger partial charge in [0.15, 0.2) is 0 Å². The maximum atomic E-state index is 9.93. The molecule has 2 heterocycles. The number of fused-ring (bicyclic) bond motifs is 1.